The molecule has 1 fully saturated rings. The standard InChI is InChI=1S/C24H28N6O2/c1-17(20-5-3-4-6-22(20)32)14-25-23-13-21(27-16-28-23)19-7-8-24(26-15-19)30-11-9-29(10-12-30)18(2)31/h3-8,13,15-17,32H,9-12,14H2,1-2H3,(H,25,27,28). The Bertz CT molecular complexity index is 1060. The largest absolute Gasteiger partial charge is 0.508 e. The fourth-order valence-electron chi connectivity index (χ4n) is 3.86. The highest BCUT2D eigenvalue weighted by atomic mass is 16.3. The Morgan fingerprint density at radius 1 is 1.09 bits per heavy atom. The first kappa shape index (κ1) is 21.5. The van der Waals surface area contributed by atoms with Gasteiger partial charge in [-0.15, -0.1) is 0 Å². The van der Waals surface area contributed by atoms with Crippen molar-refractivity contribution in [1.82, 2.24) is 19.9 Å². The molecule has 0 spiro atoms. The molecule has 0 radical (unpaired) electrons. The molecule has 3 heterocycles. The Kier molecular flexibility index (Phi) is 6.49. The molecule has 1 aromatic carbocycles. The minimum absolute atomic E-state index is 0.121. The van der Waals surface area contributed by atoms with Gasteiger partial charge in [0.15, 0.2) is 0 Å². The second-order valence-electron chi connectivity index (χ2n) is 8.03. The van der Waals surface area contributed by atoms with Crippen molar-refractivity contribution in [2.75, 3.05) is 42.9 Å². The van der Waals surface area contributed by atoms with Crippen molar-refractivity contribution >= 4 is 17.5 Å². The van der Waals surface area contributed by atoms with Crippen molar-refractivity contribution in [3.05, 3.63) is 60.6 Å². The van der Waals surface area contributed by atoms with E-state index < -0.39 is 0 Å². The number of hydrogen-bond acceptors (Lipinski definition) is 7. The Morgan fingerprint density at radius 2 is 1.88 bits per heavy atom. The molecule has 1 aliphatic rings. The van der Waals surface area contributed by atoms with Crippen LogP contribution in [0.3, 0.4) is 0 Å². The monoisotopic (exact) mass is 432 g/mol. The van der Waals surface area contributed by atoms with Crippen LogP contribution in [-0.2, 0) is 4.79 Å². The number of aromatic hydroxyl groups is 1. The average Bonchev–Trinajstić information content (AvgIpc) is 2.83. The van der Waals surface area contributed by atoms with E-state index in [0.29, 0.717) is 12.3 Å². The average molecular weight is 433 g/mol. The molecular weight excluding hydrogens is 404 g/mol. The zero-order valence-electron chi connectivity index (χ0n) is 18.4. The first-order chi connectivity index (χ1) is 15.5. The van der Waals surface area contributed by atoms with Crippen LogP contribution >= 0.6 is 0 Å². The number of rotatable bonds is 6. The van der Waals surface area contributed by atoms with E-state index in [4.69, 9.17) is 0 Å². The van der Waals surface area contributed by atoms with E-state index in [0.717, 1.165) is 54.6 Å². The number of carbonyl (C=O) groups is 1. The molecule has 1 saturated heterocycles. The third-order valence-corrected chi connectivity index (χ3v) is 5.82. The van der Waals surface area contributed by atoms with Crippen molar-refractivity contribution in [3.63, 3.8) is 0 Å². The maximum Gasteiger partial charge on any atom is 0.219 e. The SMILES string of the molecule is CC(=O)N1CCN(c2ccc(-c3cc(NCC(C)c4ccccc4O)ncn3)cn2)CC1. The Balaban J connectivity index is 1.39. The Morgan fingerprint density at radius 3 is 2.56 bits per heavy atom. The molecule has 8 heteroatoms. The quantitative estimate of drug-likeness (QED) is 0.618. The molecule has 1 unspecified atom stereocenters. The lowest BCUT2D eigenvalue weighted by atomic mass is 10.0. The van der Waals surface area contributed by atoms with Crippen molar-refractivity contribution < 1.29 is 9.90 Å². The molecule has 8 nitrogen and oxygen atoms in total. The highest BCUT2D eigenvalue weighted by Gasteiger charge is 2.19. The number of piperazine rings is 1. The molecule has 2 N–H and O–H groups in total. The highest BCUT2D eigenvalue weighted by Crippen LogP contribution is 2.26. The van der Waals surface area contributed by atoms with Crippen molar-refractivity contribution in [2.24, 2.45) is 0 Å². The smallest absolute Gasteiger partial charge is 0.219 e. The van der Waals surface area contributed by atoms with Crippen LogP contribution in [0.2, 0.25) is 0 Å². The minimum Gasteiger partial charge on any atom is -0.508 e. The lowest BCUT2D eigenvalue weighted by molar-refractivity contribution is -0.129. The summed E-state index contributed by atoms with van der Waals surface area (Å²) in [5, 5.41) is 13.4. The van der Waals surface area contributed by atoms with Gasteiger partial charge < -0.3 is 20.2 Å². The molecule has 0 aliphatic carbocycles. The normalized spacial score (nSPS) is 14.8. The number of hydrogen-bond donors (Lipinski definition) is 2. The summed E-state index contributed by atoms with van der Waals surface area (Å²) < 4.78 is 0. The molecule has 0 saturated carbocycles. The van der Waals surface area contributed by atoms with Crippen LogP contribution in [0.5, 0.6) is 5.75 Å². The summed E-state index contributed by atoms with van der Waals surface area (Å²) in [5.41, 5.74) is 2.60. The second-order valence-corrected chi connectivity index (χ2v) is 8.03. The number of nitrogens with zero attached hydrogens (tertiary/aromatic N) is 5. The van der Waals surface area contributed by atoms with Gasteiger partial charge in [0, 0.05) is 63.4 Å². The molecule has 1 amide bonds. The summed E-state index contributed by atoms with van der Waals surface area (Å²) in [6, 6.07) is 13.3. The third-order valence-electron chi connectivity index (χ3n) is 5.82. The fraction of sp³-hybridized carbons (Fsp3) is 0.333. The number of pyridine rings is 1. The summed E-state index contributed by atoms with van der Waals surface area (Å²) in [6.45, 7) is 7.31. The fourth-order valence-corrected chi connectivity index (χ4v) is 3.86. The van der Waals surface area contributed by atoms with E-state index in [2.05, 4.69) is 32.1 Å². The van der Waals surface area contributed by atoms with Crippen LogP contribution in [0.25, 0.3) is 11.3 Å². The van der Waals surface area contributed by atoms with E-state index >= 15 is 0 Å². The number of amides is 1. The summed E-state index contributed by atoms with van der Waals surface area (Å²) in [7, 11) is 0. The maximum absolute atomic E-state index is 11.5. The number of para-hydroxylation sites is 1. The molecular formula is C24H28N6O2. The third kappa shape index (κ3) is 4.96. The van der Waals surface area contributed by atoms with Gasteiger partial charge in [-0.05, 0) is 23.8 Å². The van der Waals surface area contributed by atoms with Gasteiger partial charge in [-0.1, -0.05) is 25.1 Å². The lowest BCUT2D eigenvalue weighted by Gasteiger charge is -2.34. The Hall–Kier alpha value is -3.68. The maximum atomic E-state index is 11.5. The van der Waals surface area contributed by atoms with E-state index in [1.807, 2.05) is 47.5 Å². The predicted molar refractivity (Wildman–Crippen MR) is 125 cm³/mol. The minimum atomic E-state index is 0.121. The van der Waals surface area contributed by atoms with Crippen molar-refractivity contribution in [1.29, 1.82) is 0 Å². The first-order valence-corrected chi connectivity index (χ1v) is 10.8. The number of nitrogens with one attached hydrogen (secondary N) is 1. The Labute approximate surface area is 188 Å². The number of benzene rings is 1. The number of carbonyl (C=O) groups excluding carboxylic acids is 1. The molecule has 1 atom stereocenters. The van der Waals surface area contributed by atoms with Crippen LogP contribution < -0.4 is 10.2 Å². The van der Waals surface area contributed by atoms with E-state index in [1.165, 1.54) is 6.33 Å². The van der Waals surface area contributed by atoms with E-state index in [-0.39, 0.29) is 11.8 Å². The summed E-state index contributed by atoms with van der Waals surface area (Å²) in [6.07, 6.45) is 3.36. The summed E-state index contributed by atoms with van der Waals surface area (Å²) in [5.74, 6) is 2.18. The van der Waals surface area contributed by atoms with Crippen molar-refractivity contribution in [2.45, 2.75) is 19.8 Å². The highest BCUT2D eigenvalue weighted by molar-refractivity contribution is 5.73. The number of phenolic OH excluding ortho intramolecular Hbond substituents is 1. The van der Waals surface area contributed by atoms with Gasteiger partial charge in [-0.3, -0.25) is 4.79 Å². The van der Waals surface area contributed by atoms with Crippen LogP contribution in [0.15, 0.2) is 55.0 Å². The van der Waals surface area contributed by atoms with Gasteiger partial charge in [0.25, 0.3) is 0 Å². The molecule has 1 aliphatic heterocycles. The zero-order valence-corrected chi connectivity index (χ0v) is 18.4. The number of anilines is 2. The van der Waals surface area contributed by atoms with Crippen molar-refractivity contribution in [3.8, 4) is 17.0 Å². The molecule has 0 bridgehead atoms. The zero-order chi connectivity index (χ0) is 22.5. The second kappa shape index (κ2) is 9.64. The summed E-state index contributed by atoms with van der Waals surface area (Å²) >= 11 is 0. The number of phenols is 1. The first-order valence-electron chi connectivity index (χ1n) is 10.8. The van der Waals surface area contributed by atoms with Crippen LogP contribution in [0.1, 0.15) is 25.3 Å². The van der Waals surface area contributed by atoms with Gasteiger partial charge in [0.2, 0.25) is 5.91 Å². The number of aromatic nitrogens is 3. The van der Waals surface area contributed by atoms with E-state index in [9.17, 15) is 9.90 Å². The molecule has 3 aromatic rings. The molecule has 2 aromatic heterocycles. The predicted octanol–water partition coefficient (Wildman–Crippen LogP) is 3.13. The van der Waals surface area contributed by atoms with Crippen LogP contribution in [0, 0.1) is 0 Å². The molecule has 166 valence electrons. The van der Waals surface area contributed by atoms with Gasteiger partial charge in [0.05, 0.1) is 5.69 Å². The van der Waals surface area contributed by atoms with Gasteiger partial charge in [-0.2, -0.15) is 0 Å². The van der Waals surface area contributed by atoms with Gasteiger partial charge in [0.1, 0.15) is 23.7 Å². The van der Waals surface area contributed by atoms with Crippen LogP contribution in [-0.4, -0.2) is 63.6 Å². The lowest BCUT2D eigenvalue weighted by Crippen LogP contribution is -2.48. The van der Waals surface area contributed by atoms with E-state index in [1.54, 1.807) is 13.0 Å². The van der Waals surface area contributed by atoms with Crippen LogP contribution in [0.4, 0.5) is 11.6 Å². The molecule has 4 rings (SSSR count). The van der Waals surface area contributed by atoms with Gasteiger partial charge >= 0.3 is 0 Å². The molecule has 32 heavy (non-hydrogen) atoms. The van der Waals surface area contributed by atoms with Gasteiger partial charge in [-0.25, -0.2) is 15.0 Å². The topological polar surface area (TPSA) is 94.5 Å². The summed E-state index contributed by atoms with van der Waals surface area (Å²) in [4.78, 5) is 28.9.